The van der Waals surface area contributed by atoms with E-state index in [9.17, 15) is 0 Å². The van der Waals surface area contributed by atoms with E-state index in [1.54, 1.807) is 0 Å². The Morgan fingerprint density at radius 2 is 2.06 bits per heavy atom. The molecule has 1 aliphatic carbocycles. The summed E-state index contributed by atoms with van der Waals surface area (Å²) in [6.45, 7) is 4.34. The molecule has 1 nitrogen and oxygen atoms in total. The third kappa shape index (κ3) is 3.63. The summed E-state index contributed by atoms with van der Waals surface area (Å²) in [6.07, 6.45) is 6.78. The molecule has 0 spiro atoms. The van der Waals surface area contributed by atoms with Gasteiger partial charge in [0.2, 0.25) is 0 Å². The number of hydrogen-bond acceptors (Lipinski definition) is 2. The van der Waals surface area contributed by atoms with E-state index in [0.717, 1.165) is 18.6 Å². The molecular weight excluding hydrogens is 240 g/mol. The molecule has 0 saturated carbocycles. The van der Waals surface area contributed by atoms with Crippen LogP contribution >= 0.6 is 11.8 Å². The van der Waals surface area contributed by atoms with Crippen LogP contribution in [-0.2, 0) is 4.74 Å². The van der Waals surface area contributed by atoms with Crippen LogP contribution in [0.25, 0.3) is 0 Å². The van der Waals surface area contributed by atoms with E-state index in [1.807, 2.05) is 18.9 Å². The largest absolute Gasteiger partial charge is 0.378 e. The quantitative estimate of drug-likeness (QED) is 0.585. The lowest BCUT2D eigenvalue weighted by Gasteiger charge is -2.33. The molecule has 0 amide bonds. The molecule has 0 N–H and O–H groups in total. The van der Waals surface area contributed by atoms with Gasteiger partial charge in [-0.05, 0) is 44.7 Å². The highest BCUT2D eigenvalue weighted by Crippen LogP contribution is 2.33. The van der Waals surface area contributed by atoms with Crippen molar-refractivity contribution in [2.45, 2.75) is 37.2 Å². The van der Waals surface area contributed by atoms with E-state index >= 15 is 0 Å². The first-order chi connectivity index (χ1) is 8.61. The van der Waals surface area contributed by atoms with Gasteiger partial charge in [-0.25, -0.2) is 0 Å². The topological polar surface area (TPSA) is 9.23 Å². The Labute approximate surface area is 115 Å². The Kier molecular flexibility index (Phi) is 4.52. The molecule has 0 unspecified atom stereocenters. The molecule has 18 heavy (non-hydrogen) atoms. The van der Waals surface area contributed by atoms with E-state index in [-0.39, 0.29) is 5.60 Å². The summed E-state index contributed by atoms with van der Waals surface area (Å²) in [7, 11) is 1.82. The molecule has 0 saturated heterocycles. The Bertz CT molecular complexity index is 410. The number of benzene rings is 1. The van der Waals surface area contributed by atoms with Crippen LogP contribution in [0.1, 0.15) is 25.3 Å². The van der Waals surface area contributed by atoms with E-state index in [0.29, 0.717) is 5.92 Å². The van der Waals surface area contributed by atoms with Crippen LogP contribution in [0.2, 0.25) is 0 Å². The highest BCUT2D eigenvalue weighted by Gasteiger charge is 2.28. The Morgan fingerprint density at radius 1 is 1.33 bits per heavy atom. The molecule has 0 fully saturated rings. The SMILES string of the molecule is CO[C@]1(C)CC=C[C@H](CSc2ccc(C)cc2)C1. The smallest absolute Gasteiger partial charge is 0.0690 e. The lowest BCUT2D eigenvalue weighted by atomic mass is 9.85. The molecule has 1 aromatic rings. The van der Waals surface area contributed by atoms with Gasteiger partial charge in [-0.15, -0.1) is 11.8 Å². The summed E-state index contributed by atoms with van der Waals surface area (Å²) in [5, 5.41) is 0. The molecule has 2 rings (SSSR count). The van der Waals surface area contributed by atoms with Crippen molar-refractivity contribution < 1.29 is 4.74 Å². The van der Waals surface area contributed by atoms with Gasteiger partial charge in [-0.3, -0.25) is 0 Å². The highest BCUT2D eigenvalue weighted by molar-refractivity contribution is 7.99. The van der Waals surface area contributed by atoms with Crippen molar-refractivity contribution in [2.24, 2.45) is 5.92 Å². The van der Waals surface area contributed by atoms with Gasteiger partial charge in [0.1, 0.15) is 0 Å². The van der Waals surface area contributed by atoms with Crippen molar-refractivity contribution in [1.82, 2.24) is 0 Å². The molecule has 0 aromatic heterocycles. The molecule has 0 bridgehead atoms. The number of allylic oxidation sites excluding steroid dienone is 1. The monoisotopic (exact) mass is 262 g/mol. The highest BCUT2D eigenvalue weighted by atomic mass is 32.2. The summed E-state index contributed by atoms with van der Waals surface area (Å²) >= 11 is 1.94. The van der Waals surface area contributed by atoms with Crippen LogP contribution in [0, 0.1) is 12.8 Å². The lowest BCUT2D eigenvalue weighted by molar-refractivity contribution is -0.00933. The molecule has 0 radical (unpaired) electrons. The van der Waals surface area contributed by atoms with Gasteiger partial charge in [0.25, 0.3) is 0 Å². The van der Waals surface area contributed by atoms with Gasteiger partial charge in [0, 0.05) is 17.8 Å². The molecule has 2 atom stereocenters. The summed E-state index contributed by atoms with van der Waals surface area (Å²) in [6, 6.07) is 8.78. The fraction of sp³-hybridized carbons (Fsp3) is 0.500. The van der Waals surface area contributed by atoms with Crippen LogP contribution in [0.5, 0.6) is 0 Å². The van der Waals surface area contributed by atoms with Crippen molar-refractivity contribution in [1.29, 1.82) is 0 Å². The van der Waals surface area contributed by atoms with Gasteiger partial charge in [0.15, 0.2) is 0 Å². The molecule has 1 aliphatic rings. The van der Waals surface area contributed by atoms with Crippen LogP contribution < -0.4 is 0 Å². The lowest BCUT2D eigenvalue weighted by Crippen LogP contribution is -2.32. The Morgan fingerprint density at radius 3 is 2.72 bits per heavy atom. The number of thioether (sulfide) groups is 1. The number of rotatable bonds is 4. The average Bonchev–Trinajstić information content (AvgIpc) is 2.38. The molecule has 0 heterocycles. The van der Waals surface area contributed by atoms with E-state index < -0.39 is 0 Å². The molecule has 1 aromatic carbocycles. The molecular formula is C16H22OS. The third-order valence-electron chi connectivity index (χ3n) is 3.63. The van der Waals surface area contributed by atoms with Crippen molar-refractivity contribution >= 4 is 11.8 Å². The van der Waals surface area contributed by atoms with E-state index in [2.05, 4.69) is 50.3 Å². The predicted molar refractivity (Wildman–Crippen MR) is 79.2 cm³/mol. The van der Waals surface area contributed by atoms with Crippen LogP contribution in [0.4, 0.5) is 0 Å². The Hall–Kier alpha value is -0.730. The van der Waals surface area contributed by atoms with Gasteiger partial charge in [0.05, 0.1) is 5.60 Å². The normalized spacial score (nSPS) is 27.4. The van der Waals surface area contributed by atoms with Crippen molar-refractivity contribution in [3.8, 4) is 0 Å². The maximum atomic E-state index is 5.62. The van der Waals surface area contributed by atoms with Gasteiger partial charge in [-0.1, -0.05) is 29.8 Å². The molecule has 98 valence electrons. The minimum absolute atomic E-state index is 0.0350. The zero-order chi connectivity index (χ0) is 13.0. The number of ether oxygens (including phenoxy) is 1. The standard InChI is InChI=1S/C16H22OS/c1-13-6-8-15(9-7-13)18-12-14-5-4-10-16(2,11-14)17-3/h4-9,14H,10-12H2,1-3H3/t14-,16+/m0/s1. The molecule has 2 heteroatoms. The zero-order valence-electron chi connectivity index (χ0n) is 11.5. The van der Waals surface area contributed by atoms with Crippen molar-refractivity contribution in [2.75, 3.05) is 12.9 Å². The fourth-order valence-electron chi connectivity index (χ4n) is 2.33. The van der Waals surface area contributed by atoms with Crippen LogP contribution in [0.3, 0.4) is 0 Å². The summed E-state index contributed by atoms with van der Waals surface area (Å²) in [4.78, 5) is 1.36. The first kappa shape index (κ1) is 13.7. The first-order valence-electron chi connectivity index (χ1n) is 6.53. The predicted octanol–water partition coefficient (Wildman–Crippen LogP) is 4.46. The number of methoxy groups -OCH3 is 1. The van der Waals surface area contributed by atoms with Gasteiger partial charge < -0.3 is 4.74 Å². The van der Waals surface area contributed by atoms with Crippen LogP contribution in [0.15, 0.2) is 41.3 Å². The average molecular weight is 262 g/mol. The maximum Gasteiger partial charge on any atom is 0.0690 e. The maximum absolute atomic E-state index is 5.62. The third-order valence-corrected chi connectivity index (χ3v) is 4.83. The second-order valence-electron chi connectivity index (χ2n) is 5.37. The zero-order valence-corrected chi connectivity index (χ0v) is 12.3. The van der Waals surface area contributed by atoms with E-state index in [4.69, 9.17) is 4.74 Å². The van der Waals surface area contributed by atoms with E-state index in [1.165, 1.54) is 10.5 Å². The minimum Gasteiger partial charge on any atom is -0.378 e. The first-order valence-corrected chi connectivity index (χ1v) is 7.51. The van der Waals surface area contributed by atoms with Gasteiger partial charge >= 0.3 is 0 Å². The number of aryl methyl sites for hydroxylation is 1. The molecule has 0 aliphatic heterocycles. The van der Waals surface area contributed by atoms with Crippen molar-refractivity contribution in [3.63, 3.8) is 0 Å². The van der Waals surface area contributed by atoms with Crippen LogP contribution in [-0.4, -0.2) is 18.5 Å². The second-order valence-corrected chi connectivity index (χ2v) is 6.47. The summed E-state index contributed by atoms with van der Waals surface area (Å²) < 4.78 is 5.62. The summed E-state index contributed by atoms with van der Waals surface area (Å²) in [5.74, 6) is 1.76. The minimum atomic E-state index is 0.0350. The second kappa shape index (κ2) is 5.94. The Balaban J connectivity index is 1.89. The van der Waals surface area contributed by atoms with Crippen molar-refractivity contribution in [3.05, 3.63) is 42.0 Å². The summed E-state index contributed by atoms with van der Waals surface area (Å²) in [5.41, 5.74) is 1.36. The fourth-order valence-corrected chi connectivity index (χ4v) is 3.30. The van der Waals surface area contributed by atoms with Gasteiger partial charge in [-0.2, -0.15) is 0 Å². The number of hydrogen-bond donors (Lipinski definition) is 0.